The van der Waals surface area contributed by atoms with Crippen molar-refractivity contribution in [3.8, 4) is 17.1 Å². The second-order valence-corrected chi connectivity index (χ2v) is 7.91. The van der Waals surface area contributed by atoms with Gasteiger partial charge in [0.05, 0.1) is 11.4 Å². The molecule has 3 amide bonds. The van der Waals surface area contributed by atoms with Crippen LogP contribution < -0.4 is 10.6 Å². The first kappa shape index (κ1) is 21.9. The van der Waals surface area contributed by atoms with Gasteiger partial charge in [-0.2, -0.15) is 0 Å². The number of benzene rings is 2. The molecule has 0 aliphatic heterocycles. The van der Waals surface area contributed by atoms with Crippen molar-refractivity contribution in [3.63, 3.8) is 0 Å². The number of carbonyl (C=O) groups is 2. The van der Waals surface area contributed by atoms with Gasteiger partial charge in [0.1, 0.15) is 0 Å². The summed E-state index contributed by atoms with van der Waals surface area (Å²) < 4.78 is 1.91. The van der Waals surface area contributed by atoms with E-state index in [2.05, 4.69) is 20.8 Å². The second-order valence-electron chi connectivity index (χ2n) is 6.53. The fourth-order valence-electron chi connectivity index (χ4n) is 2.76. The molecular weight excluding hydrogens is 422 g/mol. The number of urea groups is 1. The molecule has 30 heavy (non-hydrogen) atoms. The van der Waals surface area contributed by atoms with Crippen LogP contribution >= 0.6 is 23.4 Å². The first-order chi connectivity index (χ1) is 14.5. The van der Waals surface area contributed by atoms with Crippen molar-refractivity contribution < 1.29 is 9.59 Å². The molecule has 0 fully saturated rings. The lowest BCUT2D eigenvalue weighted by atomic mass is 10.1. The van der Waals surface area contributed by atoms with E-state index in [-0.39, 0.29) is 5.75 Å². The maximum Gasteiger partial charge on any atom is 0.321 e. The molecule has 0 aliphatic carbocycles. The van der Waals surface area contributed by atoms with Crippen LogP contribution in [-0.2, 0) is 4.79 Å². The van der Waals surface area contributed by atoms with Gasteiger partial charge < -0.3 is 5.32 Å². The molecule has 0 radical (unpaired) electrons. The summed E-state index contributed by atoms with van der Waals surface area (Å²) in [4.78, 5) is 23.8. The average molecular weight is 444 g/mol. The predicted molar refractivity (Wildman–Crippen MR) is 119 cm³/mol. The first-order valence-electron chi connectivity index (χ1n) is 9.47. The molecule has 2 N–H and O–H groups in total. The van der Waals surface area contributed by atoms with E-state index in [1.165, 1.54) is 11.8 Å². The molecular formula is C21H22ClN5O2S. The Hall–Kier alpha value is -2.84. The highest BCUT2D eigenvalue weighted by Gasteiger charge is 2.19. The Bertz CT molecular complexity index is 1040. The fourth-order valence-corrected chi connectivity index (χ4v) is 3.63. The average Bonchev–Trinajstić information content (AvgIpc) is 3.15. The Morgan fingerprint density at radius 1 is 1.10 bits per heavy atom. The highest BCUT2D eigenvalue weighted by molar-refractivity contribution is 7.99. The van der Waals surface area contributed by atoms with Crippen LogP contribution in [0.5, 0.6) is 0 Å². The highest BCUT2D eigenvalue weighted by Crippen LogP contribution is 2.29. The van der Waals surface area contributed by atoms with E-state index in [0.29, 0.717) is 22.5 Å². The van der Waals surface area contributed by atoms with Crippen LogP contribution in [0, 0.1) is 6.92 Å². The Labute approximate surface area is 184 Å². The maximum atomic E-state index is 12.2. The lowest BCUT2D eigenvalue weighted by molar-refractivity contribution is -0.117. The molecule has 156 valence electrons. The van der Waals surface area contributed by atoms with Gasteiger partial charge in [0.2, 0.25) is 5.91 Å². The number of nitrogens with one attached hydrogen (secondary N) is 2. The second kappa shape index (κ2) is 10.3. The lowest BCUT2D eigenvalue weighted by Gasteiger charge is -2.13. The molecule has 0 aliphatic rings. The van der Waals surface area contributed by atoms with E-state index in [1.807, 2.05) is 54.8 Å². The number of aromatic nitrogens is 3. The summed E-state index contributed by atoms with van der Waals surface area (Å²) in [5.74, 6) is 0.273. The number of carbonyl (C=O) groups excluding carboxylic acids is 2. The summed E-state index contributed by atoms with van der Waals surface area (Å²) >= 11 is 7.23. The number of rotatable bonds is 7. The number of halogens is 1. The van der Waals surface area contributed by atoms with Crippen molar-refractivity contribution in [2.24, 2.45) is 0 Å². The van der Waals surface area contributed by atoms with Crippen molar-refractivity contribution in [2.45, 2.75) is 25.4 Å². The molecule has 0 atom stereocenters. The largest absolute Gasteiger partial charge is 0.338 e. The summed E-state index contributed by atoms with van der Waals surface area (Å²) in [7, 11) is 0. The molecule has 0 unspecified atom stereocenters. The predicted octanol–water partition coefficient (Wildman–Crippen LogP) is 4.22. The van der Waals surface area contributed by atoms with E-state index in [0.717, 1.165) is 23.2 Å². The summed E-state index contributed by atoms with van der Waals surface area (Å²) in [5.41, 5.74) is 2.80. The number of para-hydroxylation sites is 1. The standard InChI is InChI=1S/C21H22ClN5O2S/c1-3-12-23-20(29)24-18(28)13-30-21-26-25-19(15-8-10-16(22)11-9-15)27(21)17-7-5-4-6-14(17)2/h4-11H,3,12-13H2,1-2H3,(H2,23,24,28,29). The summed E-state index contributed by atoms with van der Waals surface area (Å²) in [5, 5.41) is 14.8. The van der Waals surface area contributed by atoms with Gasteiger partial charge in [-0.1, -0.05) is 48.5 Å². The zero-order valence-electron chi connectivity index (χ0n) is 16.7. The normalized spacial score (nSPS) is 10.6. The third-order valence-electron chi connectivity index (χ3n) is 4.21. The monoisotopic (exact) mass is 443 g/mol. The number of thioether (sulfide) groups is 1. The smallest absolute Gasteiger partial charge is 0.321 e. The molecule has 3 rings (SSSR count). The van der Waals surface area contributed by atoms with E-state index < -0.39 is 11.9 Å². The molecule has 9 heteroatoms. The fraction of sp³-hybridized carbons (Fsp3) is 0.238. The molecule has 0 saturated carbocycles. The minimum atomic E-state index is -0.496. The van der Waals surface area contributed by atoms with E-state index in [1.54, 1.807) is 12.1 Å². The van der Waals surface area contributed by atoms with Gasteiger partial charge in [0.15, 0.2) is 11.0 Å². The van der Waals surface area contributed by atoms with Gasteiger partial charge in [0.25, 0.3) is 0 Å². The lowest BCUT2D eigenvalue weighted by Crippen LogP contribution is -2.40. The van der Waals surface area contributed by atoms with E-state index in [4.69, 9.17) is 11.6 Å². The summed E-state index contributed by atoms with van der Waals surface area (Å²) in [6, 6.07) is 14.7. The molecule has 1 heterocycles. The molecule has 0 spiro atoms. The third kappa shape index (κ3) is 5.40. The van der Waals surface area contributed by atoms with Gasteiger partial charge in [0, 0.05) is 17.1 Å². The van der Waals surface area contributed by atoms with Crippen molar-refractivity contribution >= 4 is 35.3 Å². The zero-order chi connectivity index (χ0) is 21.5. The minimum absolute atomic E-state index is 0.0319. The van der Waals surface area contributed by atoms with Crippen LogP contribution in [-0.4, -0.2) is 39.0 Å². The Morgan fingerprint density at radius 3 is 2.53 bits per heavy atom. The quantitative estimate of drug-likeness (QED) is 0.533. The van der Waals surface area contributed by atoms with E-state index in [9.17, 15) is 9.59 Å². The van der Waals surface area contributed by atoms with Crippen LogP contribution in [0.2, 0.25) is 5.02 Å². The number of imide groups is 1. The number of amides is 3. The molecule has 3 aromatic rings. The Balaban J connectivity index is 1.86. The zero-order valence-corrected chi connectivity index (χ0v) is 18.3. The maximum absolute atomic E-state index is 12.2. The van der Waals surface area contributed by atoms with Gasteiger partial charge in [-0.3, -0.25) is 14.7 Å². The van der Waals surface area contributed by atoms with Crippen LogP contribution in [0.25, 0.3) is 17.1 Å². The van der Waals surface area contributed by atoms with Crippen LogP contribution in [0.15, 0.2) is 53.7 Å². The summed E-state index contributed by atoms with van der Waals surface area (Å²) in [6.07, 6.45) is 0.795. The number of aryl methyl sites for hydroxylation is 1. The minimum Gasteiger partial charge on any atom is -0.338 e. The van der Waals surface area contributed by atoms with Crippen molar-refractivity contribution in [1.29, 1.82) is 0 Å². The van der Waals surface area contributed by atoms with Crippen LogP contribution in [0.3, 0.4) is 0 Å². The van der Waals surface area contributed by atoms with Crippen molar-refractivity contribution in [1.82, 2.24) is 25.4 Å². The van der Waals surface area contributed by atoms with Gasteiger partial charge in [-0.25, -0.2) is 4.79 Å². The van der Waals surface area contributed by atoms with Gasteiger partial charge in [-0.05, 0) is 49.2 Å². The van der Waals surface area contributed by atoms with Gasteiger partial charge >= 0.3 is 6.03 Å². The van der Waals surface area contributed by atoms with Crippen molar-refractivity contribution in [2.75, 3.05) is 12.3 Å². The topological polar surface area (TPSA) is 88.9 Å². The van der Waals surface area contributed by atoms with E-state index >= 15 is 0 Å². The van der Waals surface area contributed by atoms with Crippen LogP contribution in [0.1, 0.15) is 18.9 Å². The molecule has 0 bridgehead atoms. The van der Waals surface area contributed by atoms with Crippen LogP contribution in [0.4, 0.5) is 4.79 Å². The highest BCUT2D eigenvalue weighted by atomic mass is 35.5. The SMILES string of the molecule is CCCNC(=O)NC(=O)CSc1nnc(-c2ccc(Cl)cc2)n1-c1ccccc1C. The summed E-state index contributed by atoms with van der Waals surface area (Å²) in [6.45, 7) is 4.45. The first-order valence-corrected chi connectivity index (χ1v) is 10.8. The molecule has 7 nitrogen and oxygen atoms in total. The number of hydrogen-bond acceptors (Lipinski definition) is 5. The Morgan fingerprint density at radius 2 is 1.83 bits per heavy atom. The van der Waals surface area contributed by atoms with Gasteiger partial charge in [-0.15, -0.1) is 10.2 Å². The number of hydrogen-bond donors (Lipinski definition) is 2. The van der Waals surface area contributed by atoms with Crippen molar-refractivity contribution in [3.05, 3.63) is 59.1 Å². The number of nitrogens with zero attached hydrogens (tertiary/aromatic N) is 3. The molecule has 0 saturated heterocycles. The molecule has 1 aromatic heterocycles. The molecule has 2 aromatic carbocycles. The third-order valence-corrected chi connectivity index (χ3v) is 5.39. The Kier molecular flexibility index (Phi) is 7.48.